The van der Waals surface area contributed by atoms with Gasteiger partial charge in [0.25, 0.3) is 0 Å². The molecule has 16 nitrogen and oxygen atoms in total. The number of hydrogen-bond donors (Lipinski definition) is 4. The topological polar surface area (TPSA) is 200 Å². The summed E-state index contributed by atoms with van der Waals surface area (Å²) in [7, 11) is 2.57. The van der Waals surface area contributed by atoms with Crippen LogP contribution in [0, 0.1) is 11.8 Å². The lowest BCUT2D eigenvalue weighted by atomic mass is 9.99. The number of ether oxygens (including phenoxy) is 2. The molecule has 0 aliphatic carbocycles. The van der Waals surface area contributed by atoms with Crippen molar-refractivity contribution in [2.75, 3.05) is 27.3 Å². The molecule has 16 heteroatoms. The van der Waals surface area contributed by atoms with Crippen molar-refractivity contribution in [1.82, 2.24) is 50.3 Å². The Labute approximate surface area is 346 Å². The van der Waals surface area contributed by atoms with E-state index >= 15 is 0 Å². The van der Waals surface area contributed by atoms with Crippen LogP contribution in [0.1, 0.15) is 77.1 Å². The standard InChI is InChI=1S/C44H50N10O6/c1-23(2)35(49-43(57)59-5)41(55)53-15-7-9-33(53)39-47-31-19-29(21-45-37(31)51-39)27-13-11-26-18-28(14-12-25(26)17-27)30-20-32-38(46-22-30)52-40(48-32)34-10-8-16-54(34)42(56)36(24(3)4)50-44(58)60-6/h11-14,17-24,33-36H,7-10,15-16H2,1-6H3,(H,49,57)(H,50,58)(H,45,47,51)(H,46,48,52)/t33-,34-,35-,36-/m0/s1. The summed E-state index contributed by atoms with van der Waals surface area (Å²) in [6.07, 6.45) is 5.51. The number of H-pyrrole nitrogens is 2. The van der Waals surface area contributed by atoms with E-state index in [4.69, 9.17) is 19.4 Å². The lowest BCUT2D eigenvalue weighted by molar-refractivity contribution is -0.136. The number of hydrogen-bond acceptors (Lipinski definition) is 10. The maximum Gasteiger partial charge on any atom is 0.407 e. The smallest absolute Gasteiger partial charge is 0.407 e. The summed E-state index contributed by atoms with van der Waals surface area (Å²) in [4.78, 5) is 80.7. The highest BCUT2D eigenvalue weighted by Crippen LogP contribution is 2.36. The Morgan fingerprint density at radius 1 is 0.633 bits per heavy atom. The van der Waals surface area contributed by atoms with Crippen molar-refractivity contribution >= 4 is 57.1 Å². The van der Waals surface area contributed by atoms with Gasteiger partial charge in [0.1, 0.15) is 23.7 Å². The van der Waals surface area contributed by atoms with E-state index in [-0.39, 0.29) is 35.7 Å². The van der Waals surface area contributed by atoms with Gasteiger partial charge in [0.05, 0.1) is 37.3 Å². The average Bonchev–Trinajstić information content (AvgIpc) is 4.08. The number of benzene rings is 2. The van der Waals surface area contributed by atoms with Crippen LogP contribution in [0.25, 0.3) is 55.4 Å². The Balaban J connectivity index is 0.993. The molecular formula is C44H50N10O6. The molecule has 312 valence electrons. The molecule has 2 fully saturated rings. The molecule has 6 heterocycles. The monoisotopic (exact) mass is 814 g/mol. The van der Waals surface area contributed by atoms with Gasteiger partial charge in [-0.2, -0.15) is 0 Å². The summed E-state index contributed by atoms with van der Waals surface area (Å²) < 4.78 is 9.54. The highest BCUT2D eigenvalue weighted by atomic mass is 16.5. The van der Waals surface area contributed by atoms with Crippen LogP contribution in [-0.2, 0) is 19.1 Å². The largest absolute Gasteiger partial charge is 0.453 e. The highest BCUT2D eigenvalue weighted by molar-refractivity contribution is 5.93. The van der Waals surface area contributed by atoms with E-state index in [0.29, 0.717) is 36.0 Å². The summed E-state index contributed by atoms with van der Waals surface area (Å²) in [6.45, 7) is 8.72. The third-order valence-electron chi connectivity index (χ3n) is 11.7. The average molecular weight is 815 g/mol. The van der Waals surface area contributed by atoms with Crippen LogP contribution in [0.5, 0.6) is 0 Å². The van der Waals surface area contributed by atoms with Crippen molar-refractivity contribution in [1.29, 1.82) is 0 Å². The summed E-state index contributed by atoms with van der Waals surface area (Å²) in [5.41, 5.74) is 6.55. The Hall–Kier alpha value is -6.58. The number of rotatable bonds is 10. The minimum atomic E-state index is -0.710. The van der Waals surface area contributed by atoms with Gasteiger partial charge in [-0.15, -0.1) is 0 Å². The number of carbonyl (C=O) groups excluding carboxylic acids is 4. The molecule has 2 saturated heterocycles. The fraction of sp³-hybridized carbons (Fsp3) is 0.409. The molecule has 60 heavy (non-hydrogen) atoms. The summed E-state index contributed by atoms with van der Waals surface area (Å²) in [5, 5.41) is 7.52. The minimum absolute atomic E-state index is 0.123. The van der Waals surface area contributed by atoms with Gasteiger partial charge in [-0.1, -0.05) is 52.0 Å². The molecule has 0 saturated carbocycles. The van der Waals surface area contributed by atoms with Crippen LogP contribution in [0.15, 0.2) is 60.9 Å². The van der Waals surface area contributed by atoms with Gasteiger partial charge >= 0.3 is 12.2 Å². The van der Waals surface area contributed by atoms with Gasteiger partial charge in [0, 0.05) is 36.6 Å². The number of fused-ring (bicyclic) bond motifs is 3. The molecule has 4 atom stereocenters. The van der Waals surface area contributed by atoms with Crippen molar-refractivity contribution in [3.63, 3.8) is 0 Å². The Bertz CT molecular complexity index is 2420. The summed E-state index contributed by atoms with van der Waals surface area (Å²) in [5.74, 6) is 0.779. The van der Waals surface area contributed by atoms with E-state index < -0.39 is 24.3 Å². The number of aromatic amines is 2. The third kappa shape index (κ3) is 7.80. The Kier molecular flexibility index (Phi) is 11.1. The van der Waals surface area contributed by atoms with Crippen LogP contribution >= 0.6 is 0 Å². The number of aromatic nitrogens is 6. The minimum Gasteiger partial charge on any atom is -0.453 e. The van der Waals surface area contributed by atoms with Gasteiger partial charge < -0.3 is 39.9 Å². The van der Waals surface area contributed by atoms with Crippen molar-refractivity contribution in [3.05, 3.63) is 72.6 Å². The molecular weight excluding hydrogens is 765 g/mol. The molecule has 0 bridgehead atoms. The third-order valence-corrected chi connectivity index (χ3v) is 11.7. The first-order chi connectivity index (χ1) is 28.9. The van der Waals surface area contributed by atoms with Gasteiger partial charge in [0.2, 0.25) is 11.8 Å². The second kappa shape index (κ2) is 16.6. The number of nitrogens with zero attached hydrogens (tertiary/aromatic N) is 6. The highest BCUT2D eigenvalue weighted by Gasteiger charge is 2.39. The first-order valence-corrected chi connectivity index (χ1v) is 20.5. The lowest BCUT2D eigenvalue weighted by Gasteiger charge is -2.29. The second-order valence-electron chi connectivity index (χ2n) is 16.3. The number of nitrogens with one attached hydrogen (secondary N) is 4. The molecule has 4 amide bonds. The van der Waals surface area contributed by atoms with E-state index in [0.717, 1.165) is 69.7 Å². The number of imidazole rings is 2. The van der Waals surface area contributed by atoms with Crippen molar-refractivity contribution in [2.45, 2.75) is 77.5 Å². The zero-order valence-electron chi connectivity index (χ0n) is 34.6. The molecule has 6 aromatic rings. The van der Waals surface area contributed by atoms with Gasteiger partial charge in [-0.3, -0.25) is 9.59 Å². The van der Waals surface area contributed by atoms with Crippen molar-refractivity contribution < 1.29 is 28.7 Å². The fourth-order valence-corrected chi connectivity index (χ4v) is 8.46. The number of likely N-dealkylation sites (tertiary alicyclic amines) is 2. The molecule has 0 unspecified atom stereocenters. The zero-order valence-corrected chi connectivity index (χ0v) is 34.6. The molecule has 8 rings (SSSR count). The second-order valence-corrected chi connectivity index (χ2v) is 16.3. The summed E-state index contributed by atoms with van der Waals surface area (Å²) >= 11 is 0. The molecule has 2 aliphatic heterocycles. The van der Waals surface area contributed by atoms with Crippen LogP contribution in [0.2, 0.25) is 0 Å². The van der Waals surface area contributed by atoms with Crippen molar-refractivity contribution in [2.24, 2.45) is 11.8 Å². The maximum absolute atomic E-state index is 13.6. The van der Waals surface area contributed by atoms with E-state index in [2.05, 4.69) is 67.0 Å². The zero-order chi connectivity index (χ0) is 42.2. The van der Waals surface area contributed by atoms with Crippen LogP contribution in [0.3, 0.4) is 0 Å². The van der Waals surface area contributed by atoms with Crippen LogP contribution in [-0.4, -0.2) is 103 Å². The number of carbonyl (C=O) groups is 4. The normalized spacial score (nSPS) is 17.8. The van der Waals surface area contributed by atoms with Gasteiger partial charge in [-0.05, 0) is 83.7 Å². The molecule has 2 aliphatic rings. The SMILES string of the molecule is COC(=O)N[C@H](C(=O)N1CCC[C@H]1c1nc2ncc(-c3ccc4cc(-c5cnc6nc([C@@H]7CCCN7C(=O)[C@@H](NC(=O)OC)C(C)C)[nH]c6c5)ccc4c3)cc2[nH]1)C(C)C. The van der Waals surface area contributed by atoms with Gasteiger partial charge in [0.15, 0.2) is 11.3 Å². The number of alkyl carbamates (subject to hydrolysis) is 2. The number of methoxy groups -OCH3 is 2. The van der Waals surface area contributed by atoms with Gasteiger partial charge in [-0.25, -0.2) is 29.5 Å². The molecule has 4 N–H and O–H groups in total. The maximum atomic E-state index is 13.6. The van der Waals surface area contributed by atoms with E-state index in [1.807, 2.05) is 52.2 Å². The Morgan fingerprint density at radius 3 is 1.43 bits per heavy atom. The molecule has 0 spiro atoms. The van der Waals surface area contributed by atoms with E-state index in [9.17, 15) is 19.2 Å². The molecule has 0 radical (unpaired) electrons. The fourth-order valence-electron chi connectivity index (χ4n) is 8.46. The molecule has 2 aromatic carbocycles. The van der Waals surface area contributed by atoms with Crippen LogP contribution < -0.4 is 10.6 Å². The summed E-state index contributed by atoms with van der Waals surface area (Å²) in [6, 6.07) is 14.7. The van der Waals surface area contributed by atoms with Crippen LogP contribution in [0.4, 0.5) is 9.59 Å². The quantitative estimate of drug-likeness (QED) is 0.114. The molecule has 4 aromatic heterocycles. The first kappa shape index (κ1) is 40.2. The predicted molar refractivity (Wildman–Crippen MR) is 225 cm³/mol. The van der Waals surface area contributed by atoms with E-state index in [1.54, 1.807) is 9.80 Å². The lowest BCUT2D eigenvalue weighted by Crippen LogP contribution is -2.51. The number of amides is 4. The van der Waals surface area contributed by atoms with Crippen molar-refractivity contribution in [3.8, 4) is 22.3 Å². The predicted octanol–water partition coefficient (Wildman–Crippen LogP) is 6.80. The Morgan fingerprint density at radius 2 is 1.05 bits per heavy atom. The van der Waals surface area contributed by atoms with E-state index in [1.165, 1.54) is 14.2 Å². The first-order valence-electron chi connectivity index (χ1n) is 20.5. The number of pyridine rings is 2.